The highest BCUT2D eigenvalue weighted by molar-refractivity contribution is 5.29. The van der Waals surface area contributed by atoms with E-state index in [1.165, 1.54) is 5.56 Å². The van der Waals surface area contributed by atoms with Crippen LogP contribution in [-0.2, 0) is 0 Å². The number of rotatable bonds is 3. The summed E-state index contributed by atoms with van der Waals surface area (Å²) in [4.78, 5) is 0. The Morgan fingerprint density at radius 3 is 2.35 bits per heavy atom. The number of nitrogens with two attached hydrogens (primary N) is 1. The van der Waals surface area contributed by atoms with E-state index >= 15 is 0 Å². The third kappa shape index (κ3) is 2.79. The van der Waals surface area contributed by atoms with Crippen LogP contribution in [0.1, 0.15) is 37.2 Å². The Morgan fingerprint density at radius 1 is 1.29 bits per heavy atom. The predicted molar refractivity (Wildman–Crippen MR) is 68.2 cm³/mol. The van der Waals surface area contributed by atoms with Crippen molar-refractivity contribution in [1.29, 1.82) is 0 Å². The Hall–Kier alpha value is -1.06. The fourth-order valence-corrected chi connectivity index (χ4v) is 2.57. The van der Waals surface area contributed by atoms with E-state index in [2.05, 4.69) is 12.1 Å². The van der Waals surface area contributed by atoms with E-state index < -0.39 is 5.60 Å². The Morgan fingerprint density at radius 2 is 1.88 bits per heavy atom. The molecule has 3 heteroatoms. The number of benzene rings is 1. The van der Waals surface area contributed by atoms with Gasteiger partial charge in [-0.25, -0.2) is 0 Å². The van der Waals surface area contributed by atoms with Crippen LogP contribution >= 0.6 is 0 Å². The zero-order chi connectivity index (χ0) is 12.3. The van der Waals surface area contributed by atoms with Crippen LogP contribution in [0.2, 0.25) is 0 Å². The van der Waals surface area contributed by atoms with Crippen molar-refractivity contribution >= 4 is 0 Å². The zero-order valence-corrected chi connectivity index (χ0v) is 10.4. The first-order chi connectivity index (χ1) is 8.17. The molecule has 1 aromatic carbocycles. The molecule has 1 aliphatic carbocycles. The number of hydrogen-bond acceptors (Lipinski definition) is 3. The summed E-state index contributed by atoms with van der Waals surface area (Å²) in [7, 11) is 1.68. The third-order valence-corrected chi connectivity index (χ3v) is 3.88. The SMILES string of the molecule is COc1ccc(C2CCC(O)(CN)CC2)cc1. The van der Waals surface area contributed by atoms with Crippen LogP contribution in [0.3, 0.4) is 0 Å². The van der Waals surface area contributed by atoms with Gasteiger partial charge in [0, 0.05) is 6.54 Å². The summed E-state index contributed by atoms with van der Waals surface area (Å²) in [5.74, 6) is 1.44. The Bertz CT molecular complexity index is 353. The van der Waals surface area contributed by atoms with Crippen LogP contribution < -0.4 is 10.5 Å². The summed E-state index contributed by atoms with van der Waals surface area (Å²) in [6, 6.07) is 8.24. The molecule has 0 unspecified atom stereocenters. The largest absolute Gasteiger partial charge is 0.497 e. The maximum Gasteiger partial charge on any atom is 0.118 e. The molecule has 1 saturated carbocycles. The Balaban J connectivity index is 2.00. The molecule has 17 heavy (non-hydrogen) atoms. The highest BCUT2D eigenvalue weighted by Crippen LogP contribution is 2.37. The fourth-order valence-electron chi connectivity index (χ4n) is 2.57. The quantitative estimate of drug-likeness (QED) is 0.843. The first kappa shape index (κ1) is 12.4. The second-order valence-electron chi connectivity index (χ2n) is 4.98. The molecule has 2 rings (SSSR count). The van der Waals surface area contributed by atoms with E-state index in [0.717, 1.165) is 31.4 Å². The van der Waals surface area contributed by atoms with Gasteiger partial charge in [-0.05, 0) is 49.3 Å². The van der Waals surface area contributed by atoms with Gasteiger partial charge in [-0.3, -0.25) is 0 Å². The Labute approximate surface area is 103 Å². The normalized spacial score (nSPS) is 29.0. The van der Waals surface area contributed by atoms with Crippen LogP contribution in [0.25, 0.3) is 0 Å². The van der Waals surface area contributed by atoms with Gasteiger partial charge in [0.15, 0.2) is 0 Å². The van der Waals surface area contributed by atoms with Gasteiger partial charge >= 0.3 is 0 Å². The van der Waals surface area contributed by atoms with Crippen molar-refractivity contribution in [2.75, 3.05) is 13.7 Å². The van der Waals surface area contributed by atoms with Gasteiger partial charge in [-0.1, -0.05) is 12.1 Å². The summed E-state index contributed by atoms with van der Waals surface area (Å²) in [5.41, 5.74) is 6.31. The first-order valence-corrected chi connectivity index (χ1v) is 6.23. The van der Waals surface area contributed by atoms with E-state index in [0.29, 0.717) is 12.5 Å². The van der Waals surface area contributed by atoms with Crippen LogP contribution in [0.4, 0.5) is 0 Å². The van der Waals surface area contributed by atoms with Gasteiger partial charge in [-0.15, -0.1) is 0 Å². The second-order valence-corrected chi connectivity index (χ2v) is 4.98. The summed E-state index contributed by atoms with van der Waals surface area (Å²) < 4.78 is 5.15. The number of aliphatic hydroxyl groups is 1. The molecule has 0 saturated heterocycles. The molecule has 3 nitrogen and oxygen atoms in total. The van der Waals surface area contributed by atoms with Crippen LogP contribution in [0, 0.1) is 0 Å². The summed E-state index contributed by atoms with van der Waals surface area (Å²) in [6.07, 6.45) is 3.64. The predicted octanol–water partition coefficient (Wildman–Crippen LogP) is 2.04. The molecule has 0 spiro atoms. The molecule has 0 radical (unpaired) electrons. The molecule has 0 atom stereocenters. The summed E-state index contributed by atoms with van der Waals surface area (Å²) in [5, 5.41) is 10.1. The Kier molecular flexibility index (Phi) is 3.69. The third-order valence-electron chi connectivity index (χ3n) is 3.88. The van der Waals surface area contributed by atoms with Crippen molar-refractivity contribution in [2.45, 2.75) is 37.2 Å². The zero-order valence-electron chi connectivity index (χ0n) is 10.4. The van der Waals surface area contributed by atoms with Gasteiger partial charge in [0.1, 0.15) is 5.75 Å². The van der Waals surface area contributed by atoms with Crippen molar-refractivity contribution < 1.29 is 9.84 Å². The van der Waals surface area contributed by atoms with Gasteiger partial charge in [-0.2, -0.15) is 0 Å². The van der Waals surface area contributed by atoms with Gasteiger partial charge in [0.2, 0.25) is 0 Å². The second kappa shape index (κ2) is 5.07. The molecule has 0 heterocycles. The number of ether oxygens (including phenoxy) is 1. The van der Waals surface area contributed by atoms with Crippen molar-refractivity contribution in [2.24, 2.45) is 5.73 Å². The van der Waals surface area contributed by atoms with E-state index in [-0.39, 0.29) is 0 Å². The number of methoxy groups -OCH3 is 1. The fraction of sp³-hybridized carbons (Fsp3) is 0.571. The van der Waals surface area contributed by atoms with Crippen molar-refractivity contribution in [3.05, 3.63) is 29.8 Å². The monoisotopic (exact) mass is 235 g/mol. The molecular formula is C14H21NO2. The molecule has 1 aromatic rings. The topological polar surface area (TPSA) is 55.5 Å². The smallest absolute Gasteiger partial charge is 0.118 e. The molecular weight excluding hydrogens is 214 g/mol. The summed E-state index contributed by atoms with van der Waals surface area (Å²) in [6.45, 7) is 0.377. The lowest BCUT2D eigenvalue weighted by Crippen LogP contribution is -2.40. The molecule has 0 bridgehead atoms. The highest BCUT2D eigenvalue weighted by atomic mass is 16.5. The van der Waals surface area contributed by atoms with Crippen LogP contribution in [0.15, 0.2) is 24.3 Å². The summed E-state index contributed by atoms with van der Waals surface area (Å²) >= 11 is 0. The van der Waals surface area contributed by atoms with Gasteiger partial charge in [0.05, 0.1) is 12.7 Å². The molecule has 94 valence electrons. The van der Waals surface area contributed by atoms with Gasteiger partial charge in [0.25, 0.3) is 0 Å². The van der Waals surface area contributed by atoms with E-state index in [9.17, 15) is 5.11 Å². The average Bonchev–Trinajstić information content (AvgIpc) is 2.40. The first-order valence-electron chi connectivity index (χ1n) is 6.23. The van der Waals surface area contributed by atoms with Crippen molar-refractivity contribution in [3.8, 4) is 5.75 Å². The minimum Gasteiger partial charge on any atom is -0.497 e. The molecule has 0 aliphatic heterocycles. The van der Waals surface area contributed by atoms with Crippen molar-refractivity contribution in [3.63, 3.8) is 0 Å². The van der Waals surface area contributed by atoms with E-state index in [4.69, 9.17) is 10.5 Å². The lowest BCUT2D eigenvalue weighted by Gasteiger charge is -2.35. The van der Waals surface area contributed by atoms with Gasteiger partial charge < -0.3 is 15.6 Å². The molecule has 1 fully saturated rings. The lowest BCUT2D eigenvalue weighted by atomic mass is 9.76. The van der Waals surface area contributed by atoms with Crippen LogP contribution in [0.5, 0.6) is 5.75 Å². The lowest BCUT2D eigenvalue weighted by molar-refractivity contribution is 0.00766. The van der Waals surface area contributed by atoms with E-state index in [1.54, 1.807) is 7.11 Å². The maximum absolute atomic E-state index is 10.1. The molecule has 3 N–H and O–H groups in total. The standard InChI is InChI=1S/C14H21NO2/c1-17-13-4-2-11(3-5-13)12-6-8-14(16,10-15)9-7-12/h2-5,12,16H,6-10,15H2,1H3. The number of hydrogen-bond donors (Lipinski definition) is 2. The highest BCUT2D eigenvalue weighted by Gasteiger charge is 2.32. The van der Waals surface area contributed by atoms with E-state index in [1.807, 2.05) is 12.1 Å². The molecule has 0 amide bonds. The minimum absolute atomic E-state index is 0.377. The molecule has 1 aliphatic rings. The van der Waals surface area contributed by atoms with Crippen LogP contribution in [-0.4, -0.2) is 24.4 Å². The minimum atomic E-state index is -0.622. The maximum atomic E-state index is 10.1. The molecule has 0 aromatic heterocycles. The average molecular weight is 235 g/mol. The van der Waals surface area contributed by atoms with Crippen molar-refractivity contribution in [1.82, 2.24) is 0 Å².